The largest absolute Gasteiger partial charge is 0.378 e. The molecule has 0 aromatic heterocycles. The number of nitrogens with one attached hydrogen (secondary N) is 1. The minimum absolute atomic E-state index is 0.129. The molecular weight excluding hydrogens is 382 g/mol. The Bertz CT molecular complexity index is 924. The van der Waals surface area contributed by atoms with Crippen LogP contribution in [0.25, 0.3) is 0 Å². The fraction of sp³-hybridized carbons (Fsp3) is 0.500. The molecule has 2 aromatic carbocycles. The number of carbonyl (C=O) groups is 1. The van der Waals surface area contributed by atoms with E-state index in [4.69, 9.17) is 0 Å². The van der Waals surface area contributed by atoms with Crippen molar-refractivity contribution in [1.82, 2.24) is 14.7 Å². The first kappa shape index (κ1) is 20.6. The number of benzene rings is 1. The van der Waals surface area contributed by atoms with Gasteiger partial charge in [-0.2, -0.15) is 0 Å². The van der Waals surface area contributed by atoms with Gasteiger partial charge < -0.3 is 20.0 Å². The van der Waals surface area contributed by atoms with Gasteiger partial charge in [-0.05, 0) is 12.6 Å². The first-order valence-electron chi connectivity index (χ1n) is 10.6. The lowest BCUT2D eigenvalue weighted by Crippen LogP contribution is -2.51. The van der Waals surface area contributed by atoms with Crippen LogP contribution in [0.3, 0.4) is 0 Å². The molecule has 2 aromatic rings. The van der Waals surface area contributed by atoms with Crippen molar-refractivity contribution in [1.29, 1.82) is 0 Å². The van der Waals surface area contributed by atoms with Gasteiger partial charge in [0.25, 0.3) is 10.9 Å². The molecule has 0 radical (unpaired) electrons. The number of nitrogens with zero attached hydrogens (tertiary/aromatic N) is 4. The highest BCUT2D eigenvalue weighted by Gasteiger charge is 2.30. The molecule has 0 spiro atoms. The van der Waals surface area contributed by atoms with Gasteiger partial charge in [0.05, 0.1) is 6.04 Å². The lowest BCUT2D eigenvalue weighted by Gasteiger charge is -2.39. The minimum atomic E-state index is -0.437. The Labute approximate surface area is 176 Å². The Morgan fingerprint density at radius 1 is 0.933 bits per heavy atom. The summed E-state index contributed by atoms with van der Waals surface area (Å²) in [5, 5.41) is 3.31. The predicted molar refractivity (Wildman–Crippen MR) is 118 cm³/mol. The van der Waals surface area contributed by atoms with E-state index in [1.54, 1.807) is 4.90 Å². The van der Waals surface area contributed by atoms with Gasteiger partial charge in [0, 0.05) is 58.9 Å². The maximum absolute atomic E-state index is 12.3. The average Bonchev–Trinajstić information content (AvgIpc) is 2.80. The molecule has 2 fully saturated rings. The summed E-state index contributed by atoms with van der Waals surface area (Å²) in [6, 6.07) is 10.4. The van der Waals surface area contributed by atoms with Crippen molar-refractivity contribution in [2.24, 2.45) is 0 Å². The molecule has 0 saturated carbocycles. The summed E-state index contributed by atoms with van der Waals surface area (Å²) in [5.41, 5.74) is 1.25. The molecule has 0 bridgehead atoms. The van der Waals surface area contributed by atoms with Gasteiger partial charge in [-0.3, -0.25) is 19.3 Å². The first-order valence-corrected chi connectivity index (χ1v) is 10.6. The van der Waals surface area contributed by atoms with E-state index in [2.05, 4.69) is 34.3 Å². The van der Waals surface area contributed by atoms with Crippen molar-refractivity contribution in [3.05, 3.63) is 56.3 Å². The second kappa shape index (κ2) is 8.97. The molecule has 8 heteroatoms. The average molecular weight is 412 g/mol. The molecule has 1 N–H and O–H groups in total. The monoisotopic (exact) mass is 411 g/mol. The molecule has 30 heavy (non-hydrogen) atoms. The van der Waals surface area contributed by atoms with Gasteiger partial charge >= 0.3 is 0 Å². The normalized spacial score (nSPS) is 19.8. The van der Waals surface area contributed by atoms with Crippen LogP contribution in [0.4, 0.5) is 11.4 Å². The van der Waals surface area contributed by atoms with Crippen molar-refractivity contribution < 1.29 is 4.79 Å². The van der Waals surface area contributed by atoms with Crippen LogP contribution in [-0.4, -0.2) is 87.1 Å². The Morgan fingerprint density at radius 3 is 2.23 bits per heavy atom. The topological polar surface area (TPSA) is 76.2 Å². The molecule has 4 rings (SSSR count). The summed E-state index contributed by atoms with van der Waals surface area (Å²) in [5.74, 6) is 0. The number of rotatable bonds is 7. The van der Waals surface area contributed by atoms with Crippen molar-refractivity contribution in [3.8, 4) is 0 Å². The third-order valence-electron chi connectivity index (χ3n) is 6.30. The Kier molecular flexibility index (Phi) is 6.15. The van der Waals surface area contributed by atoms with Crippen LogP contribution >= 0.6 is 0 Å². The zero-order valence-electron chi connectivity index (χ0n) is 17.4. The Morgan fingerprint density at radius 2 is 1.60 bits per heavy atom. The molecule has 1 unspecified atom stereocenters. The van der Waals surface area contributed by atoms with Crippen molar-refractivity contribution >= 4 is 17.8 Å². The second-order valence-corrected chi connectivity index (χ2v) is 8.16. The molecule has 2 aliphatic rings. The molecule has 8 nitrogen and oxygen atoms in total. The van der Waals surface area contributed by atoms with E-state index in [0.717, 1.165) is 32.6 Å². The maximum atomic E-state index is 12.3. The number of anilines is 2. The fourth-order valence-electron chi connectivity index (χ4n) is 4.36. The van der Waals surface area contributed by atoms with E-state index in [9.17, 15) is 14.4 Å². The number of likely N-dealkylation sites (N-methyl/N-ethyl adjacent to an activating group) is 1. The molecule has 1 atom stereocenters. The summed E-state index contributed by atoms with van der Waals surface area (Å²) in [7, 11) is 2.13. The van der Waals surface area contributed by atoms with E-state index in [1.807, 2.05) is 23.1 Å². The Balaban J connectivity index is 1.49. The number of amides is 1. The third-order valence-corrected chi connectivity index (χ3v) is 6.30. The van der Waals surface area contributed by atoms with Crippen molar-refractivity contribution in [3.63, 3.8) is 0 Å². The number of piperazine rings is 2. The van der Waals surface area contributed by atoms with Crippen LogP contribution in [0.5, 0.6) is 0 Å². The van der Waals surface area contributed by atoms with Crippen LogP contribution in [0.1, 0.15) is 11.6 Å². The number of hydrogen-bond donors (Lipinski definition) is 1. The van der Waals surface area contributed by atoms with Gasteiger partial charge in [-0.1, -0.05) is 30.3 Å². The highest BCUT2D eigenvalue weighted by Crippen LogP contribution is 2.26. The second-order valence-electron chi connectivity index (χ2n) is 8.16. The highest BCUT2D eigenvalue weighted by atomic mass is 16.2. The summed E-state index contributed by atoms with van der Waals surface area (Å²) in [6.07, 6.45) is 0.832. The van der Waals surface area contributed by atoms with Gasteiger partial charge in [0.15, 0.2) is 0 Å². The Hall–Kier alpha value is -2.71. The van der Waals surface area contributed by atoms with Gasteiger partial charge in [-0.15, -0.1) is 0 Å². The lowest BCUT2D eigenvalue weighted by molar-refractivity contribution is -0.118. The molecular formula is C22H29N5O3. The van der Waals surface area contributed by atoms with Crippen molar-refractivity contribution in [2.75, 3.05) is 76.2 Å². The van der Waals surface area contributed by atoms with Gasteiger partial charge in [0.2, 0.25) is 6.41 Å². The van der Waals surface area contributed by atoms with Gasteiger partial charge in [0.1, 0.15) is 11.4 Å². The van der Waals surface area contributed by atoms with Crippen LogP contribution in [0, 0.1) is 0 Å². The molecule has 2 heterocycles. The zero-order valence-corrected chi connectivity index (χ0v) is 17.4. The molecule has 160 valence electrons. The predicted octanol–water partition coefficient (Wildman–Crippen LogP) is -0.0384. The van der Waals surface area contributed by atoms with E-state index >= 15 is 0 Å². The third kappa shape index (κ3) is 4.11. The van der Waals surface area contributed by atoms with Crippen molar-refractivity contribution in [2.45, 2.75) is 6.04 Å². The molecule has 1 amide bonds. The van der Waals surface area contributed by atoms with E-state index in [0.29, 0.717) is 44.1 Å². The quantitative estimate of drug-likeness (QED) is 0.506. The summed E-state index contributed by atoms with van der Waals surface area (Å²) in [6.45, 7) is 6.78. The SMILES string of the molecule is CN1CCN(C(CNc2c(N3CCN(C=O)CC3)c(=O)c2=O)c2ccccc2)CC1. The molecule has 2 aliphatic heterocycles. The van der Waals surface area contributed by atoms with E-state index < -0.39 is 10.9 Å². The smallest absolute Gasteiger partial charge is 0.253 e. The van der Waals surface area contributed by atoms with Crippen LogP contribution < -0.4 is 21.1 Å². The number of carbonyl (C=O) groups excluding carboxylic acids is 1. The fourth-order valence-corrected chi connectivity index (χ4v) is 4.36. The number of hydrogen-bond acceptors (Lipinski definition) is 7. The summed E-state index contributed by atoms with van der Waals surface area (Å²) < 4.78 is 0. The molecule has 2 saturated heterocycles. The lowest BCUT2D eigenvalue weighted by atomic mass is 10.0. The van der Waals surface area contributed by atoms with Gasteiger partial charge in [-0.25, -0.2) is 0 Å². The van der Waals surface area contributed by atoms with Crippen LogP contribution in [0.2, 0.25) is 0 Å². The summed E-state index contributed by atoms with van der Waals surface area (Å²) >= 11 is 0. The summed E-state index contributed by atoms with van der Waals surface area (Å²) in [4.78, 5) is 43.9. The van der Waals surface area contributed by atoms with Crippen LogP contribution in [0.15, 0.2) is 39.9 Å². The molecule has 0 aliphatic carbocycles. The first-order chi connectivity index (χ1) is 14.6. The highest BCUT2D eigenvalue weighted by molar-refractivity contribution is 5.75. The van der Waals surface area contributed by atoms with E-state index in [-0.39, 0.29) is 6.04 Å². The zero-order chi connectivity index (χ0) is 21.1. The van der Waals surface area contributed by atoms with Crippen LogP contribution in [-0.2, 0) is 4.79 Å². The maximum Gasteiger partial charge on any atom is 0.253 e. The standard InChI is InChI=1S/C22H29N5O3/c1-24-7-11-26(12-8-24)18(17-5-3-2-4-6-17)15-23-19-20(22(30)21(19)29)27-13-9-25(16-28)10-14-27/h2-6,16,18,23H,7-15H2,1H3. The van der Waals surface area contributed by atoms with E-state index in [1.165, 1.54) is 5.56 Å². The minimum Gasteiger partial charge on any atom is -0.378 e.